The lowest BCUT2D eigenvalue weighted by Crippen LogP contribution is -2.31. The minimum atomic E-state index is -0.448. The summed E-state index contributed by atoms with van der Waals surface area (Å²) < 4.78 is 17.6. The molecule has 3 rings (SSSR count). The van der Waals surface area contributed by atoms with Crippen LogP contribution < -0.4 is 4.74 Å². The Hall–Kier alpha value is -1.87. The van der Waals surface area contributed by atoms with Gasteiger partial charge in [-0.25, -0.2) is 0 Å². The number of carbonyl (C=O) groups excluding carboxylic acids is 1. The highest BCUT2D eigenvalue weighted by molar-refractivity contribution is 5.50. The fourth-order valence-electron chi connectivity index (χ4n) is 3.66. The number of rotatable bonds is 7. The van der Waals surface area contributed by atoms with Gasteiger partial charge in [-0.1, -0.05) is 30.0 Å². The number of ether oxygens (including phenoxy) is 3. The number of aldehydes is 1. The minimum Gasteiger partial charge on any atom is -0.490 e. The van der Waals surface area contributed by atoms with Gasteiger partial charge >= 0.3 is 0 Å². The van der Waals surface area contributed by atoms with E-state index in [4.69, 9.17) is 14.2 Å². The third kappa shape index (κ3) is 6.07. The Labute approximate surface area is 161 Å². The second kappa shape index (κ2) is 10.5. The van der Waals surface area contributed by atoms with E-state index in [0.29, 0.717) is 26.1 Å². The Bertz CT molecular complexity index is 629. The van der Waals surface area contributed by atoms with Crippen LogP contribution in [-0.2, 0) is 14.3 Å². The number of hydrogen-bond donors (Lipinski definition) is 1. The third-order valence-electron chi connectivity index (χ3n) is 5.18. The average molecular weight is 372 g/mol. The molecule has 2 aliphatic rings. The zero-order valence-electron chi connectivity index (χ0n) is 15.6. The summed E-state index contributed by atoms with van der Waals surface area (Å²) in [6, 6.07) is 9.58. The summed E-state index contributed by atoms with van der Waals surface area (Å²) >= 11 is 0. The van der Waals surface area contributed by atoms with E-state index in [0.717, 1.165) is 37.7 Å². The highest BCUT2D eigenvalue weighted by atomic mass is 16.7. The van der Waals surface area contributed by atoms with Gasteiger partial charge in [-0.15, -0.1) is 0 Å². The molecule has 0 amide bonds. The third-order valence-corrected chi connectivity index (χ3v) is 5.18. The molecule has 1 N–H and O–H groups in total. The molecular formula is C22H28O5. The van der Waals surface area contributed by atoms with Crippen molar-refractivity contribution in [1.82, 2.24) is 0 Å². The number of benzene rings is 1. The van der Waals surface area contributed by atoms with Crippen LogP contribution in [0.5, 0.6) is 5.75 Å². The molecule has 1 saturated heterocycles. The van der Waals surface area contributed by atoms with E-state index in [1.165, 1.54) is 0 Å². The van der Waals surface area contributed by atoms with Gasteiger partial charge < -0.3 is 24.1 Å². The summed E-state index contributed by atoms with van der Waals surface area (Å²) in [7, 11) is 0. The Morgan fingerprint density at radius 1 is 1.22 bits per heavy atom. The van der Waals surface area contributed by atoms with E-state index in [2.05, 4.69) is 11.8 Å². The molecule has 5 nitrogen and oxygen atoms in total. The Morgan fingerprint density at radius 3 is 2.81 bits per heavy atom. The molecule has 0 spiro atoms. The molecule has 5 heteroatoms. The van der Waals surface area contributed by atoms with Gasteiger partial charge in [0.2, 0.25) is 0 Å². The van der Waals surface area contributed by atoms with Crippen LogP contribution in [0.15, 0.2) is 30.3 Å². The van der Waals surface area contributed by atoms with Crippen molar-refractivity contribution in [2.75, 3.05) is 13.2 Å². The molecule has 1 aliphatic heterocycles. The first-order valence-corrected chi connectivity index (χ1v) is 9.84. The van der Waals surface area contributed by atoms with Crippen LogP contribution >= 0.6 is 0 Å². The summed E-state index contributed by atoms with van der Waals surface area (Å²) in [5.74, 6) is 7.13. The highest BCUT2D eigenvalue weighted by Gasteiger charge is 2.33. The largest absolute Gasteiger partial charge is 0.490 e. The van der Waals surface area contributed by atoms with E-state index in [1.54, 1.807) is 0 Å². The number of hydrogen-bond acceptors (Lipinski definition) is 5. The van der Waals surface area contributed by atoms with Crippen molar-refractivity contribution < 1.29 is 24.1 Å². The van der Waals surface area contributed by atoms with Gasteiger partial charge in [0, 0.05) is 24.9 Å². The minimum absolute atomic E-state index is 0.0142. The normalized spacial score (nSPS) is 28.8. The lowest BCUT2D eigenvalue weighted by molar-refractivity contribution is -0.180. The molecule has 146 valence electrons. The monoisotopic (exact) mass is 372 g/mol. The van der Waals surface area contributed by atoms with Crippen molar-refractivity contribution in [1.29, 1.82) is 0 Å². The number of para-hydroxylation sites is 1. The predicted molar refractivity (Wildman–Crippen MR) is 101 cm³/mol. The van der Waals surface area contributed by atoms with Crippen LogP contribution in [0.25, 0.3) is 0 Å². The van der Waals surface area contributed by atoms with E-state index in [1.807, 2.05) is 30.3 Å². The van der Waals surface area contributed by atoms with E-state index in [9.17, 15) is 9.90 Å². The molecule has 1 heterocycles. The van der Waals surface area contributed by atoms with Gasteiger partial charge in [-0.2, -0.15) is 0 Å². The average Bonchev–Trinajstić information content (AvgIpc) is 3.06. The fraction of sp³-hybridized carbons (Fsp3) is 0.591. The molecule has 1 aromatic carbocycles. The van der Waals surface area contributed by atoms with E-state index >= 15 is 0 Å². The molecule has 0 radical (unpaired) electrons. The van der Waals surface area contributed by atoms with E-state index < -0.39 is 12.2 Å². The van der Waals surface area contributed by atoms with Gasteiger partial charge in [0.1, 0.15) is 18.6 Å². The first-order chi connectivity index (χ1) is 13.3. The molecule has 5 unspecified atom stereocenters. The molecule has 5 atom stereocenters. The first-order valence-electron chi connectivity index (χ1n) is 9.84. The summed E-state index contributed by atoms with van der Waals surface area (Å²) in [4.78, 5) is 10.9. The van der Waals surface area contributed by atoms with Crippen LogP contribution in [0.2, 0.25) is 0 Å². The molecule has 1 saturated carbocycles. The lowest BCUT2D eigenvalue weighted by Gasteiger charge is -2.25. The molecule has 1 aliphatic carbocycles. The van der Waals surface area contributed by atoms with Crippen LogP contribution in [0.4, 0.5) is 0 Å². The molecule has 0 bridgehead atoms. The maximum Gasteiger partial charge on any atom is 0.159 e. The topological polar surface area (TPSA) is 65.0 Å². The second-order valence-electron chi connectivity index (χ2n) is 7.15. The van der Waals surface area contributed by atoms with Gasteiger partial charge in [-0.3, -0.25) is 0 Å². The van der Waals surface area contributed by atoms with E-state index in [-0.39, 0.29) is 18.1 Å². The Balaban J connectivity index is 1.64. The highest BCUT2D eigenvalue weighted by Crippen LogP contribution is 2.33. The SMILES string of the molecule is O=CCC1C(O)CCC1C#CC(COc1ccccc1)OC1CCCCO1. The second-order valence-corrected chi connectivity index (χ2v) is 7.15. The Kier molecular flexibility index (Phi) is 7.70. The standard InChI is InChI=1S/C22H28O5/c23-14-13-20-17(10-12-21(20)24)9-11-19(27-22-8-4-5-15-25-22)16-26-18-6-2-1-3-7-18/h1-3,6-7,14,17,19-22,24H,4-5,8,10,12-13,15-16H2. The number of aliphatic hydroxyl groups is 1. The van der Waals surface area contributed by atoms with Crippen molar-refractivity contribution in [2.45, 2.75) is 57.0 Å². The van der Waals surface area contributed by atoms with Crippen LogP contribution in [0, 0.1) is 23.7 Å². The first kappa shape index (κ1) is 19.9. The van der Waals surface area contributed by atoms with Crippen molar-refractivity contribution >= 4 is 6.29 Å². The quantitative estimate of drug-likeness (QED) is 0.589. The summed E-state index contributed by atoms with van der Waals surface area (Å²) in [5, 5.41) is 10.1. The number of aliphatic hydroxyl groups excluding tert-OH is 1. The maximum atomic E-state index is 10.9. The molecule has 2 fully saturated rings. The molecule has 0 aromatic heterocycles. The van der Waals surface area contributed by atoms with Gasteiger partial charge in [0.15, 0.2) is 12.4 Å². The van der Waals surface area contributed by atoms with Gasteiger partial charge in [0.05, 0.1) is 6.10 Å². The fourth-order valence-corrected chi connectivity index (χ4v) is 3.66. The van der Waals surface area contributed by atoms with Gasteiger partial charge in [0.25, 0.3) is 0 Å². The summed E-state index contributed by atoms with van der Waals surface area (Å²) in [6.45, 7) is 1.02. The van der Waals surface area contributed by atoms with Crippen LogP contribution in [0.3, 0.4) is 0 Å². The zero-order valence-corrected chi connectivity index (χ0v) is 15.6. The molecular weight excluding hydrogens is 344 g/mol. The van der Waals surface area contributed by atoms with Crippen LogP contribution in [0.1, 0.15) is 38.5 Å². The molecule has 27 heavy (non-hydrogen) atoms. The smallest absolute Gasteiger partial charge is 0.159 e. The maximum absolute atomic E-state index is 10.9. The van der Waals surface area contributed by atoms with Crippen molar-refractivity contribution in [3.05, 3.63) is 30.3 Å². The zero-order chi connectivity index (χ0) is 18.9. The molecule has 1 aromatic rings. The summed E-state index contributed by atoms with van der Waals surface area (Å²) in [6.07, 6.45) is 4.60. The van der Waals surface area contributed by atoms with Gasteiger partial charge in [-0.05, 0) is 44.2 Å². The van der Waals surface area contributed by atoms with Crippen molar-refractivity contribution in [2.24, 2.45) is 11.8 Å². The van der Waals surface area contributed by atoms with Crippen LogP contribution in [-0.4, -0.2) is 43.1 Å². The summed E-state index contributed by atoms with van der Waals surface area (Å²) in [5.41, 5.74) is 0. The Morgan fingerprint density at radius 2 is 2.07 bits per heavy atom. The lowest BCUT2D eigenvalue weighted by atomic mass is 9.92. The predicted octanol–water partition coefficient (Wildman–Crippen LogP) is 2.96. The number of carbonyl (C=O) groups is 1. The van der Waals surface area contributed by atoms with Crippen molar-refractivity contribution in [3.8, 4) is 17.6 Å². The van der Waals surface area contributed by atoms with Crippen molar-refractivity contribution in [3.63, 3.8) is 0 Å².